The van der Waals surface area contributed by atoms with Crippen molar-refractivity contribution >= 4 is 33.7 Å². The van der Waals surface area contributed by atoms with Gasteiger partial charge in [-0.25, -0.2) is 9.79 Å². The van der Waals surface area contributed by atoms with Crippen LogP contribution in [0.3, 0.4) is 0 Å². The normalized spacial score (nSPS) is 18.6. The summed E-state index contributed by atoms with van der Waals surface area (Å²) in [4.78, 5) is 19.5. The molecular formula is C21H20N2O3S. The molecule has 2 aromatic carbocycles. The van der Waals surface area contributed by atoms with Gasteiger partial charge < -0.3 is 14.4 Å². The molecule has 0 radical (unpaired) electrons. The van der Waals surface area contributed by atoms with E-state index >= 15 is 0 Å². The van der Waals surface area contributed by atoms with E-state index in [9.17, 15) is 4.79 Å². The molecule has 138 valence electrons. The Morgan fingerprint density at radius 2 is 2.00 bits per heavy atom. The summed E-state index contributed by atoms with van der Waals surface area (Å²) in [6, 6.07) is 11.8. The Kier molecular flexibility index (Phi) is 4.66. The molecule has 6 heteroatoms. The number of ether oxygens (including phenoxy) is 2. The van der Waals surface area contributed by atoms with Gasteiger partial charge in [0.05, 0.1) is 31.0 Å². The molecule has 2 aromatic rings. The molecular weight excluding hydrogens is 360 g/mol. The maximum atomic E-state index is 12.8. The van der Waals surface area contributed by atoms with E-state index in [0.29, 0.717) is 17.9 Å². The molecule has 2 heterocycles. The van der Waals surface area contributed by atoms with Gasteiger partial charge >= 0.3 is 5.97 Å². The minimum Gasteiger partial charge on any atom is -0.496 e. The van der Waals surface area contributed by atoms with Crippen molar-refractivity contribution in [2.24, 2.45) is 4.99 Å². The van der Waals surface area contributed by atoms with Crippen molar-refractivity contribution < 1.29 is 14.3 Å². The summed E-state index contributed by atoms with van der Waals surface area (Å²) >= 11 is 1.55. The lowest BCUT2D eigenvalue weighted by Gasteiger charge is -2.34. The fourth-order valence-electron chi connectivity index (χ4n) is 3.59. The highest BCUT2D eigenvalue weighted by Crippen LogP contribution is 2.44. The third kappa shape index (κ3) is 2.90. The maximum absolute atomic E-state index is 12.8. The van der Waals surface area contributed by atoms with Crippen molar-refractivity contribution in [1.29, 1.82) is 0 Å². The SMILES string of the molecule is CCOC(=O)C1=C(C)N=C2SC=CN2[C@H]1c1ccc(OC)c2ccccc12. The summed E-state index contributed by atoms with van der Waals surface area (Å²) in [7, 11) is 1.67. The van der Waals surface area contributed by atoms with Gasteiger partial charge in [-0.15, -0.1) is 0 Å². The number of esters is 1. The van der Waals surface area contributed by atoms with Gasteiger partial charge in [0.2, 0.25) is 0 Å². The first-order valence-corrected chi connectivity index (χ1v) is 9.67. The number of amidine groups is 1. The van der Waals surface area contributed by atoms with Crippen LogP contribution in [0.1, 0.15) is 25.5 Å². The van der Waals surface area contributed by atoms with E-state index in [1.807, 2.05) is 60.7 Å². The first-order valence-electron chi connectivity index (χ1n) is 8.79. The molecule has 2 aliphatic heterocycles. The van der Waals surface area contributed by atoms with Gasteiger partial charge in [-0.3, -0.25) is 0 Å². The number of aliphatic imine (C=N–C) groups is 1. The summed E-state index contributed by atoms with van der Waals surface area (Å²) in [6.45, 7) is 4.01. The number of hydrogen-bond acceptors (Lipinski definition) is 6. The van der Waals surface area contributed by atoms with Crippen molar-refractivity contribution in [3.63, 3.8) is 0 Å². The van der Waals surface area contributed by atoms with Crippen LogP contribution in [-0.4, -0.2) is 29.8 Å². The van der Waals surface area contributed by atoms with Crippen LogP contribution in [0.15, 0.2) is 64.3 Å². The fourth-order valence-corrected chi connectivity index (χ4v) is 4.38. The molecule has 0 amide bonds. The van der Waals surface area contributed by atoms with Gasteiger partial charge in [-0.2, -0.15) is 0 Å². The van der Waals surface area contributed by atoms with Crippen molar-refractivity contribution in [1.82, 2.24) is 4.90 Å². The molecule has 0 fully saturated rings. The quantitative estimate of drug-likeness (QED) is 0.725. The molecule has 27 heavy (non-hydrogen) atoms. The first-order chi connectivity index (χ1) is 13.2. The number of nitrogens with zero attached hydrogens (tertiary/aromatic N) is 2. The van der Waals surface area contributed by atoms with Gasteiger partial charge in [0.1, 0.15) is 5.75 Å². The Bertz CT molecular complexity index is 1010. The molecule has 0 saturated carbocycles. The molecule has 1 atom stereocenters. The maximum Gasteiger partial charge on any atom is 0.338 e. The van der Waals surface area contributed by atoms with E-state index in [2.05, 4.69) is 11.1 Å². The van der Waals surface area contributed by atoms with Gasteiger partial charge in [0.15, 0.2) is 5.17 Å². The number of benzene rings is 2. The standard InChI is InChI=1S/C21H20N2O3S/c1-4-26-20(24)18-13(2)22-21-23(11-12-27-21)19(18)16-9-10-17(25-3)15-8-6-5-7-14(15)16/h5-12,19H,4H2,1-3H3/t19-/m0/s1. The van der Waals surface area contributed by atoms with Crippen molar-refractivity contribution in [3.8, 4) is 5.75 Å². The third-order valence-electron chi connectivity index (χ3n) is 4.75. The summed E-state index contributed by atoms with van der Waals surface area (Å²) in [5, 5.41) is 4.91. The summed E-state index contributed by atoms with van der Waals surface area (Å²) in [5.41, 5.74) is 2.29. The van der Waals surface area contributed by atoms with Crippen LogP contribution < -0.4 is 4.74 Å². The molecule has 0 N–H and O–H groups in total. The monoisotopic (exact) mass is 380 g/mol. The number of rotatable bonds is 4. The highest BCUT2D eigenvalue weighted by atomic mass is 32.2. The van der Waals surface area contributed by atoms with Crippen LogP contribution in [0.4, 0.5) is 0 Å². The van der Waals surface area contributed by atoms with E-state index in [1.54, 1.807) is 18.9 Å². The molecule has 2 aliphatic rings. The summed E-state index contributed by atoms with van der Waals surface area (Å²) in [6.07, 6.45) is 1.97. The minimum atomic E-state index is -0.326. The molecule has 0 unspecified atom stereocenters. The molecule has 0 bridgehead atoms. The minimum absolute atomic E-state index is 0.293. The smallest absolute Gasteiger partial charge is 0.338 e. The Morgan fingerprint density at radius 1 is 1.22 bits per heavy atom. The number of carbonyl (C=O) groups is 1. The zero-order chi connectivity index (χ0) is 19.0. The zero-order valence-electron chi connectivity index (χ0n) is 15.4. The van der Waals surface area contributed by atoms with Crippen LogP contribution in [0.2, 0.25) is 0 Å². The first kappa shape index (κ1) is 17.7. The van der Waals surface area contributed by atoms with Gasteiger partial charge in [-0.05, 0) is 36.3 Å². The van der Waals surface area contributed by atoms with E-state index in [0.717, 1.165) is 27.3 Å². The van der Waals surface area contributed by atoms with Gasteiger partial charge in [-0.1, -0.05) is 42.1 Å². The molecule has 0 saturated heterocycles. The van der Waals surface area contributed by atoms with Crippen LogP contribution >= 0.6 is 11.8 Å². The Morgan fingerprint density at radius 3 is 2.74 bits per heavy atom. The third-order valence-corrected chi connectivity index (χ3v) is 5.52. The second kappa shape index (κ2) is 7.12. The fraction of sp³-hybridized carbons (Fsp3) is 0.238. The van der Waals surface area contributed by atoms with Crippen LogP contribution in [0.5, 0.6) is 5.75 Å². The highest BCUT2D eigenvalue weighted by molar-refractivity contribution is 8.16. The number of fused-ring (bicyclic) bond motifs is 2. The van der Waals surface area contributed by atoms with E-state index < -0.39 is 0 Å². The van der Waals surface area contributed by atoms with E-state index in [4.69, 9.17) is 9.47 Å². The lowest BCUT2D eigenvalue weighted by molar-refractivity contribution is -0.139. The van der Waals surface area contributed by atoms with Crippen molar-refractivity contribution in [2.75, 3.05) is 13.7 Å². The lowest BCUT2D eigenvalue weighted by atomic mass is 9.90. The topological polar surface area (TPSA) is 51.1 Å². The summed E-state index contributed by atoms with van der Waals surface area (Å²) < 4.78 is 10.9. The van der Waals surface area contributed by atoms with Crippen molar-refractivity contribution in [2.45, 2.75) is 19.9 Å². The Balaban J connectivity index is 1.95. The molecule has 5 nitrogen and oxygen atoms in total. The zero-order valence-corrected chi connectivity index (χ0v) is 16.2. The predicted molar refractivity (Wildman–Crippen MR) is 109 cm³/mol. The molecule has 0 aliphatic carbocycles. The van der Waals surface area contributed by atoms with E-state index in [1.165, 1.54) is 0 Å². The van der Waals surface area contributed by atoms with Gasteiger partial charge in [0.25, 0.3) is 0 Å². The average Bonchev–Trinajstić information content (AvgIpc) is 3.14. The number of methoxy groups -OCH3 is 1. The summed E-state index contributed by atoms with van der Waals surface area (Å²) in [5.74, 6) is 0.483. The second-order valence-corrected chi connectivity index (χ2v) is 7.10. The predicted octanol–water partition coefficient (Wildman–Crippen LogP) is 4.62. The number of hydrogen-bond donors (Lipinski definition) is 0. The second-order valence-electron chi connectivity index (χ2n) is 6.23. The largest absolute Gasteiger partial charge is 0.496 e. The van der Waals surface area contributed by atoms with Crippen LogP contribution in [-0.2, 0) is 9.53 Å². The molecule has 0 aromatic heterocycles. The number of allylic oxidation sites excluding steroid dienone is 1. The molecule has 0 spiro atoms. The lowest BCUT2D eigenvalue weighted by Crippen LogP contribution is -2.34. The van der Waals surface area contributed by atoms with Gasteiger partial charge in [0, 0.05) is 11.6 Å². The van der Waals surface area contributed by atoms with E-state index in [-0.39, 0.29) is 12.0 Å². The highest BCUT2D eigenvalue weighted by Gasteiger charge is 2.38. The van der Waals surface area contributed by atoms with Crippen LogP contribution in [0, 0.1) is 0 Å². The average molecular weight is 380 g/mol. The van der Waals surface area contributed by atoms with Crippen LogP contribution in [0.25, 0.3) is 10.8 Å². The van der Waals surface area contributed by atoms with Crippen molar-refractivity contribution in [3.05, 3.63) is 64.8 Å². The Hall–Kier alpha value is -2.73. The number of carbonyl (C=O) groups excluding carboxylic acids is 1. The number of thioether (sulfide) groups is 1. The molecule has 4 rings (SSSR count). The Labute approximate surface area is 162 Å².